The highest BCUT2D eigenvalue weighted by molar-refractivity contribution is 6.04. The van der Waals surface area contributed by atoms with Crippen molar-refractivity contribution in [1.82, 2.24) is 0 Å². The normalized spacial score (nSPS) is 22.8. The molecule has 1 aromatic carbocycles. The van der Waals surface area contributed by atoms with Crippen LogP contribution in [0, 0.1) is 0 Å². The monoisotopic (exact) mass is 273 g/mol. The first-order valence-electron chi connectivity index (χ1n) is 5.38. The van der Waals surface area contributed by atoms with Gasteiger partial charge in [0.05, 0.1) is 11.3 Å². The maximum absolute atomic E-state index is 12.4. The van der Waals surface area contributed by atoms with Crippen LogP contribution in [0.25, 0.3) is 0 Å². The zero-order valence-electron chi connectivity index (χ0n) is 9.86. The summed E-state index contributed by atoms with van der Waals surface area (Å²) in [4.78, 5) is 15.8. The van der Waals surface area contributed by atoms with E-state index in [9.17, 15) is 18.0 Å². The van der Waals surface area contributed by atoms with Gasteiger partial charge in [-0.1, -0.05) is 17.3 Å². The Hall–Kier alpha value is -2.05. The van der Waals surface area contributed by atoms with Gasteiger partial charge in [0.15, 0.2) is 0 Å². The predicted molar refractivity (Wildman–Crippen MR) is 59.7 cm³/mol. The van der Waals surface area contributed by atoms with Gasteiger partial charge in [0.1, 0.15) is 0 Å². The van der Waals surface area contributed by atoms with Crippen LogP contribution in [0.3, 0.4) is 0 Å². The molecule has 0 fully saturated rings. The Balaban J connectivity index is 2.19. The molecule has 1 aliphatic heterocycles. The summed E-state index contributed by atoms with van der Waals surface area (Å²) in [6.45, 7) is 1.36. The van der Waals surface area contributed by atoms with E-state index in [1.807, 2.05) is 0 Å². The van der Waals surface area contributed by atoms with E-state index in [2.05, 4.69) is 5.16 Å². The molecular formula is C12H10F3NO3. The van der Waals surface area contributed by atoms with Crippen LogP contribution in [-0.2, 0) is 15.8 Å². The van der Waals surface area contributed by atoms with Crippen LogP contribution >= 0.6 is 0 Å². The third kappa shape index (κ3) is 2.54. The van der Waals surface area contributed by atoms with Crippen molar-refractivity contribution >= 4 is 11.7 Å². The summed E-state index contributed by atoms with van der Waals surface area (Å²) in [7, 11) is 0. The molecule has 0 spiro atoms. The first-order chi connectivity index (χ1) is 8.72. The maximum Gasteiger partial charge on any atom is 0.416 e. The van der Waals surface area contributed by atoms with Gasteiger partial charge >= 0.3 is 12.1 Å². The molecule has 4 nitrogen and oxygen atoms in total. The minimum atomic E-state index is -4.40. The second-order valence-electron chi connectivity index (χ2n) is 4.42. The topological polar surface area (TPSA) is 58.9 Å². The number of carboxylic acid groups (broad SMARTS) is 1. The zero-order valence-corrected chi connectivity index (χ0v) is 9.86. The number of oxime groups is 1. The molecular weight excluding hydrogens is 263 g/mol. The van der Waals surface area contributed by atoms with Crippen LogP contribution in [0.5, 0.6) is 0 Å². The fourth-order valence-electron chi connectivity index (χ4n) is 1.66. The number of halogens is 3. The molecule has 1 atom stereocenters. The first kappa shape index (κ1) is 13.4. The third-order valence-corrected chi connectivity index (χ3v) is 2.86. The van der Waals surface area contributed by atoms with Crippen LogP contribution in [0.15, 0.2) is 29.4 Å². The van der Waals surface area contributed by atoms with E-state index in [1.165, 1.54) is 19.1 Å². The van der Waals surface area contributed by atoms with E-state index in [1.54, 1.807) is 0 Å². The van der Waals surface area contributed by atoms with Crippen LogP contribution in [0.4, 0.5) is 13.2 Å². The van der Waals surface area contributed by atoms with Crippen molar-refractivity contribution in [1.29, 1.82) is 0 Å². The Morgan fingerprint density at radius 2 is 1.95 bits per heavy atom. The van der Waals surface area contributed by atoms with Gasteiger partial charge in [0.2, 0.25) is 5.60 Å². The fraction of sp³-hybridized carbons (Fsp3) is 0.333. The predicted octanol–water partition coefficient (Wildman–Crippen LogP) is 2.67. The number of carbonyl (C=O) groups is 1. The minimum absolute atomic E-state index is 0.00764. The smallest absolute Gasteiger partial charge is 0.416 e. The Morgan fingerprint density at radius 3 is 2.37 bits per heavy atom. The minimum Gasteiger partial charge on any atom is -0.478 e. The van der Waals surface area contributed by atoms with Crippen molar-refractivity contribution in [2.24, 2.45) is 5.16 Å². The van der Waals surface area contributed by atoms with Crippen LogP contribution in [-0.4, -0.2) is 22.4 Å². The highest BCUT2D eigenvalue weighted by Gasteiger charge is 2.42. The Bertz CT molecular complexity index is 536. The average Bonchev–Trinajstić information content (AvgIpc) is 2.72. The number of hydrogen-bond acceptors (Lipinski definition) is 3. The van der Waals surface area contributed by atoms with Gasteiger partial charge in [-0.05, 0) is 24.6 Å². The fourth-order valence-corrected chi connectivity index (χ4v) is 1.66. The summed E-state index contributed by atoms with van der Waals surface area (Å²) in [6.07, 6.45) is -4.39. The van der Waals surface area contributed by atoms with E-state index in [-0.39, 0.29) is 6.42 Å². The van der Waals surface area contributed by atoms with E-state index in [0.717, 1.165) is 12.1 Å². The van der Waals surface area contributed by atoms with Gasteiger partial charge in [0, 0.05) is 6.42 Å². The molecule has 0 saturated heterocycles. The molecule has 7 heteroatoms. The lowest BCUT2D eigenvalue weighted by Gasteiger charge is -2.14. The summed E-state index contributed by atoms with van der Waals surface area (Å²) in [5.41, 5.74) is -1.49. The number of benzene rings is 1. The molecule has 19 heavy (non-hydrogen) atoms. The maximum atomic E-state index is 12.4. The van der Waals surface area contributed by atoms with Crippen molar-refractivity contribution < 1.29 is 27.9 Å². The SMILES string of the molecule is C[C@]1(C(=O)O)CC(c2ccc(C(F)(F)F)cc2)=NO1. The first-order valence-corrected chi connectivity index (χ1v) is 5.38. The number of carboxylic acids is 1. The van der Waals surface area contributed by atoms with E-state index >= 15 is 0 Å². The number of nitrogens with zero attached hydrogens (tertiary/aromatic N) is 1. The molecule has 0 saturated carbocycles. The summed E-state index contributed by atoms with van der Waals surface area (Å²) in [6, 6.07) is 4.35. The van der Waals surface area contributed by atoms with Crippen molar-refractivity contribution in [2.75, 3.05) is 0 Å². The van der Waals surface area contributed by atoms with Crippen molar-refractivity contribution in [3.05, 3.63) is 35.4 Å². The summed E-state index contributed by atoms with van der Waals surface area (Å²) in [5, 5.41) is 12.6. The van der Waals surface area contributed by atoms with E-state index in [0.29, 0.717) is 11.3 Å². The summed E-state index contributed by atoms with van der Waals surface area (Å²) < 4.78 is 37.2. The Morgan fingerprint density at radius 1 is 1.37 bits per heavy atom. The number of alkyl halides is 3. The van der Waals surface area contributed by atoms with Gasteiger partial charge in [-0.2, -0.15) is 13.2 Å². The lowest BCUT2D eigenvalue weighted by atomic mass is 9.96. The molecule has 102 valence electrons. The van der Waals surface area contributed by atoms with Gasteiger partial charge in [-0.25, -0.2) is 4.79 Å². The number of hydrogen-bond donors (Lipinski definition) is 1. The summed E-state index contributed by atoms with van der Waals surface area (Å²) >= 11 is 0. The van der Waals surface area contributed by atoms with Gasteiger partial charge in [-0.3, -0.25) is 0 Å². The molecule has 1 heterocycles. The molecule has 0 bridgehead atoms. The van der Waals surface area contributed by atoms with Gasteiger partial charge in [0.25, 0.3) is 0 Å². The average molecular weight is 273 g/mol. The Kier molecular flexibility index (Phi) is 3.00. The van der Waals surface area contributed by atoms with Crippen LogP contribution in [0.1, 0.15) is 24.5 Å². The molecule has 0 aliphatic carbocycles. The van der Waals surface area contributed by atoms with Crippen molar-refractivity contribution in [2.45, 2.75) is 25.1 Å². The largest absolute Gasteiger partial charge is 0.478 e. The van der Waals surface area contributed by atoms with E-state index in [4.69, 9.17) is 9.94 Å². The molecule has 2 rings (SSSR count). The molecule has 0 unspecified atom stereocenters. The summed E-state index contributed by atoms with van der Waals surface area (Å²) in [5.74, 6) is -1.17. The number of aliphatic carboxylic acids is 1. The molecule has 1 aliphatic rings. The quantitative estimate of drug-likeness (QED) is 0.901. The third-order valence-electron chi connectivity index (χ3n) is 2.86. The highest BCUT2D eigenvalue weighted by atomic mass is 19.4. The molecule has 1 aromatic rings. The lowest BCUT2D eigenvalue weighted by Crippen LogP contribution is -2.35. The van der Waals surface area contributed by atoms with E-state index < -0.39 is 23.3 Å². The molecule has 0 amide bonds. The number of rotatable bonds is 2. The highest BCUT2D eigenvalue weighted by Crippen LogP contribution is 2.31. The Labute approximate surface area is 106 Å². The van der Waals surface area contributed by atoms with Gasteiger partial charge < -0.3 is 9.94 Å². The van der Waals surface area contributed by atoms with Crippen molar-refractivity contribution in [3.8, 4) is 0 Å². The van der Waals surface area contributed by atoms with Crippen LogP contribution in [0.2, 0.25) is 0 Å². The van der Waals surface area contributed by atoms with Gasteiger partial charge in [-0.15, -0.1) is 0 Å². The second kappa shape index (κ2) is 4.25. The molecule has 1 N–H and O–H groups in total. The van der Waals surface area contributed by atoms with Crippen LogP contribution < -0.4 is 0 Å². The zero-order chi connectivity index (χ0) is 14.3. The van der Waals surface area contributed by atoms with Crippen molar-refractivity contribution in [3.63, 3.8) is 0 Å². The molecule has 0 radical (unpaired) electrons. The standard InChI is InChI=1S/C12H10F3NO3/c1-11(10(17)18)6-9(16-19-11)7-2-4-8(5-3-7)12(13,14)15/h2-5H,6H2,1H3,(H,17,18)/t11-/m1/s1. The second-order valence-corrected chi connectivity index (χ2v) is 4.42. The molecule has 0 aromatic heterocycles. The lowest BCUT2D eigenvalue weighted by molar-refractivity contribution is -0.160.